The summed E-state index contributed by atoms with van der Waals surface area (Å²) in [7, 11) is -9.61. The van der Waals surface area contributed by atoms with Crippen molar-refractivity contribution in [3.05, 3.63) is 23.0 Å². The van der Waals surface area contributed by atoms with Crippen LogP contribution >= 0.6 is 26.8 Å². The number of hydrogen-bond donors (Lipinski definition) is 6. The molecule has 2 aromatic heterocycles. The van der Waals surface area contributed by atoms with Crippen LogP contribution in [-0.4, -0.2) is 77.2 Å². The summed E-state index contributed by atoms with van der Waals surface area (Å²) < 4.78 is 61.0. The molecule has 198 valence electrons. The van der Waals surface area contributed by atoms with Gasteiger partial charge in [-0.3, -0.25) is 9.13 Å². The molecule has 4 rings (SSSR count). The molecule has 0 aromatic carbocycles. The number of ether oxygens (including phenoxy) is 1. The van der Waals surface area contributed by atoms with E-state index < -0.39 is 77.0 Å². The lowest BCUT2D eigenvalue weighted by Crippen LogP contribution is -2.44. The summed E-state index contributed by atoms with van der Waals surface area (Å²) >= 11 is 6.16. The minimum absolute atomic E-state index is 0.0694. The van der Waals surface area contributed by atoms with Crippen molar-refractivity contribution in [2.45, 2.75) is 49.3 Å². The van der Waals surface area contributed by atoms with E-state index >= 15 is 0 Å². The number of aliphatic hydroxyl groups excluding tert-OH is 2. The highest BCUT2D eigenvalue weighted by Crippen LogP contribution is 2.55. The second-order valence-corrected chi connectivity index (χ2v) is 13.0. The highest BCUT2D eigenvalue weighted by Gasteiger charge is 2.47. The van der Waals surface area contributed by atoms with Crippen molar-refractivity contribution in [3.8, 4) is 6.07 Å². The Balaban J connectivity index is 1.58. The Labute approximate surface area is 206 Å². The van der Waals surface area contributed by atoms with Gasteiger partial charge in [-0.2, -0.15) is 5.26 Å². The first-order valence-electron chi connectivity index (χ1n) is 10.4. The molecular weight excluding hydrogens is 552 g/mol. The topological polar surface area (TPSA) is 207 Å². The van der Waals surface area contributed by atoms with Crippen LogP contribution in [0.15, 0.2) is 12.3 Å². The smallest absolute Gasteiger partial charge is 0.340 e. The van der Waals surface area contributed by atoms with Crippen molar-refractivity contribution < 1.29 is 52.1 Å². The molecule has 5 atom stereocenters. The number of hydrogen-bond acceptors (Lipinski definition) is 9. The number of anilines is 1. The number of pyridine rings is 1. The lowest BCUT2D eigenvalue weighted by Gasteiger charge is -2.36. The molecule has 1 aliphatic carbocycles. The molecule has 36 heavy (non-hydrogen) atoms. The number of nitrogens with zero attached hydrogens (tertiary/aromatic N) is 3. The van der Waals surface area contributed by atoms with Crippen LogP contribution < -0.4 is 5.32 Å². The maximum atomic E-state index is 13.3. The third-order valence-corrected chi connectivity index (χ3v) is 9.51. The van der Waals surface area contributed by atoms with Crippen molar-refractivity contribution in [1.29, 1.82) is 5.26 Å². The van der Waals surface area contributed by atoms with Crippen LogP contribution in [0.3, 0.4) is 0 Å². The molecular formula is C18H21ClF2N4O9P2. The van der Waals surface area contributed by atoms with E-state index in [1.807, 2.05) is 6.07 Å². The summed E-state index contributed by atoms with van der Waals surface area (Å²) in [5.74, 6) is -4.26. The van der Waals surface area contributed by atoms with E-state index in [1.165, 1.54) is 16.8 Å². The largest absolute Gasteiger partial charge is 0.387 e. The average Bonchev–Trinajstić information content (AvgIpc) is 3.24. The van der Waals surface area contributed by atoms with Crippen molar-refractivity contribution in [2.75, 3.05) is 17.8 Å². The molecule has 0 bridgehead atoms. The summed E-state index contributed by atoms with van der Waals surface area (Å²) in [6.07, 6.45) is -5.40. The number of rotatable bonds is 8. The van der Waals surface area contributed by atoms with Crippen molar-refractivity contribution in [2.24, 2.45) is 0 Å². The quantitative estimate of drug-likeness (QED) is 0.197. The molecule has 1 unspecified atom stereocenters. The minimum Gasteiger partial charge on any atom is -0.387 e. The van der Waals surface area contributed by atoms with E-state index in [0.29, 0.717) is 5.39 Å². The highest BCUT2D eigenvalue weighted by atomic mass is 35.5. The van der Waals surface area contributed by atoms with Crippen LogP contribution in [0.5, 0.6) is 0 Å². The van der Waals surface area contributed by atoms with Crippen LogP contribution in [0.25, 0.3) is 11.0 Å². The van der Waals surface area contributed by atoms with Crippen LogP contribution in [0.2, 0.25) is 5.15 Å². The van der Waals surface area contributed by atoms with E-state index in [-0.39, 0.29) is 22.1 Å². The van der Waals surface area contributed by atoms with Gasteiger partial charge in [-0.05, 0) is 6.07 Å². The van der Waals surface area contributed by atoms with E-state index in [2.05, 4.69) is 14.8 Å². The number of fused-ring (bicyclic) bond motifs is 1. The van der Waals surface area contributed by atoms with Gasteiger partial charge < -0.3 is 44.0 Å². The first kappa shape index (κ1) is 27.3. The maximum absolute atomic E-state index is 13.3. The summed E-state index contributed by atoms with van der Waals surface area (Å²) in [5, 5.41) is 33.4. The molecule has 0 radical (unpaired) electrons. The van der Waals surface area contributed by atoms with Crippen molar-refractivity contribution in [1.82, 2.24) is 9.55 Å². The first-order valence-corrected chi connectivity index (χ1v) is 14.3. The number of aromatic nitrogens is 2. The molecule has 0 spiro atoms. The molecule has 0 amide bonds. The van der Waals surface area contributed by atoms with Crippen molar-refractivity contribution >= 4 is 43.5 Å². The van der Waals surface area contributed by atoms with Gasteiger partial charge in [-0.1, -0.05) is 11.6 Å². The summed E-state index contributed by atoms with van der Waals surface area (Å²) in [4.78, 5) is 31.5. The Hall–Kier alpha value is -1.69. The van der Waals surface area contributed by atoms with Crippen LogP contribution in [0.4, 0.5) is 14.5 Å². The number of halogens is 3. The highest BCUT2D eigenvalue weighted by molar-refractivity contribution is 7.70. The summed E-state index contributed by atoms with van der Waals surface area (Å²) in [5.41, 5.74) is 0.179. The number of aliphatic hydroxyl groups is 2. The van der Waals surface area contributed by atoms with Crippen molar-refractivity contribution in [3.63, 3.8) is 0 Å². The lowest BCUT2D eigenvalue weighted by atomic mass is 9.88. The van der Waals surface area contributed by atoms with Gasteiger partial charge in [0, 0.05) is 30.5 Å². The van der Waals surface area contributed by atoms with Gasteiger partial charge in [0.15, 0.2) is 17.3 Å². The Morgan fingerprint density at radius 1 is 1.31 bits per heavy atom. The molecule has 3 heterocycles. The van der Waals surface area contributed by atoms with Gasteiger partial charge in [0.05, 0.1) is 12.3 Å². The standard InChI is InChI=1S/C18H21ClF2N4O9P2/c19-15-10(5-22)12(23-8-3-18(20,21)4-8)9-1-2-25(16(9)24-15)17-14(27)13(26)11(34-17)6-33-36(31,32)7-35(28,29)30/h1-2,8,11,13-14,17,26-27H,3-4,6-7H2,(H,23,24)(H,31,32)(H2,28,29,30)/t11-,13-,14-,17-/m1/s1. The first-order chi connectivity index (χ1) is 16.6. The predicted molar refractivity (Wildman–Crippen MR) is 120 cm³/mol. The van der Waals surface area contributed by atoms with Crippen LogP contribution in [0, 0.1) is 11.3 Å². The van der Waals surface area contributed by atoms with E-state index in [1.54, 1.807) is 0 Å². The fourth-order valence-electron chi connectivity index (χ4n) is 4.12. The second kappa shape index (κ2) is 9.56. The molecule has 18 heteroatoms. The molecule has 2 fully saturated rings. The second-order valence-electron chi connectivity index (χ2n) is 8.62. The van der Waals surface area contributed by atoms with Gasteiger partial charge >= 0.3 is 15.2 Å². The van der Waals surface area contributed by atoms with Crippen LogP contribution in [-0.2, 0) is 18.4 Å². The van der Waals surface area contributed by atoms with Gasteiger partial charge in [-0.15, -0.1) is 0 Å². The molecule has 2 aliphatic rings. The van der Waals surface area contributed by atoms with Gasteiger partial charge in [-0.25, -0.2) is 13.8 Å². The zero-order valence-corrected chi connectivity index (χ0v) is 20.7. The molecule has 1 saturated heterocycles. The molecule has 6 N–H and O–H groups in total. The molecule has 2 aromatic rings. The zero-order chi connectivity index (χ0) is 26.6. The van der Waals surface area contributed by atoms with Gasteiger partial charge in [0.25, 0.3) is 5.92 Å². The maximum Gasteiger partial charge on any atom is 0.340 e. The fraction of sp³-hybridized carbons (Fsp3) is 0.556. The number of nitrogens with one attached hydrogen (secondary N) is 1. The summed E-state index contributed by atoms with van der Waals surface area (Å²) in [6.45, 7) is -0.781. The summed E-state index contributed by atoms with van der Waals surface area (Å²) in [6, 6.07) is 2.75. The third-order valence-electron chi connectivity index (χ3n) is 5.78. The Bertz CT molecular complexity index is 1310. The monoisotopic (exact) mass is 572 g/mol. The number of nitriles is 1. The Morgan fingerprint density at radius 2 is 1.97 bits per heavy atom. The zero-order valence-electron chi connectivity index (χ0n) is 18.1. The normalized spacial score (nSPS) is 28.0. The molecule has 13 nitrogen and oxygen atoms in total. The molecule has 1 aliphatic heterocycles. The Morgan fingerprint density at radius 3 is 2.56 bits per heavy atom. The van der Waals surface area contributed by atoms with E-state index in [0.717, 1.165) is 0 Å². The average molecular weight is 573 g/mol. The van der Waals surface area contributed by atoms with E-state index in [4.69, 9.17) is 26.1 Å². The lowest BCUT2D eigenvalue weighted by molar-refractivity contribution is -0.0793. The number of alkyl halides is 2. The SMILES string of the molecule is N#Cc1c(Cl)nc2c(ccn2[C@@H]2O[C@H](COP(=O)(O)CP(=O)(O)O)[C@@H](O)[C@H]2O)c1NC1CC(F)(F)C1. The van der Waals surface area contributed by atoms with Crippen LogP contribution in [0.1, 0.15) is 24.6 Å². The van der Waals surface area contributed by atoms with E-state index in [9.17, 15) is 38.3 Å². The Kier molecular flexibility index (Phi) is 7.26. The predicted octanol–water partition coefficient (Wildman–Crippen LogP) is 1.73. The molecule has 1 saturated carbocycles. The third kappa shape index (κ3) is 5.58. The minimum atomic E-state index is -4.87. The fourth-order valence-corrected chi connectivity index (χ4v) is 6.91. The van der Waals surface area contributed by atoms with Gasteiger partial charge in [0.2, 0.25) is 0 Å². The van der Waals surface area contributed by atoms with Gasteiger partial charge in [0.1, 0.15) is 35.6 Å².